The molecule has 1 atom stereocenters. The summed E-state index contributed by atoms with van der Waals surface area (Å²) in [5, 5.41) is 31.9. The number of hydrogen-bond donors (Lipinski definition) is 3. The summed E-state index contributed by atoms with van der Waals surface area (Å²) in [5.74, 6) is -0.235. The molecule has 25 heavy (non-hydrogen) atoms. The van der Waals surface area contributed by atoms with E-state index in [1.807, 2.05) is 19.9 Å². The third-order valence-electron chi connectivity index (χ3n) is 4.38. The fraction of sp³-hybridized carbons (Fsp3) is 0.350. The van der Waals surface area contributed by atoms with E-state index in [4.69, 9.17) is 4.74 Å². The first kappa shape index (κ1) is 17.3. The number of Topliss-reactive ketones (excluding diaryl/α,β-unsaturated/α-hetero) is 1. The second-order valence-electron chi connectivity index (χ2n) is 7.17. The van der Waals surface area contributed by atoms with Gasteiger partial charge < -0.3 is 20.1 Å². The molecule has 0 aromatic heterocycles. The first-order valence-electron chi connectivity index (χ1n) is 8.21. The van der Waals surface area contributed by atoms with E-state index in [0.717, 1.165) is 5.57 Å². The summed E-state index contributed by atoms with van der Waals surface area (Å²) in [5.41, 5.74) is 0.751. The number of carbonyl (C=O) groups is 1. The van der Waals surface area contributed by atoms with Gasteiger partial charge in [0.15, 0.2) is 5.78 Å². The fourth-order valence-electron chi connectivity index (χ4n) is 3.28. The maximum absolute atomic E-state index is 12.3. The Balaban J connectivity index is 2.11. The molecule has 0 spiro atoms. The standard InChI is InChI=1S/C20H22O5/c1-11(2)4-5-25-14-7-12-6-13-9-20(3,24)10-16(22)18(13)19(23)17(12)15(21)8-14/h4,6-8,21,23-24H,5,9-10H2,1-3H3/t20-/m0/s1. The molecule has 132 valence electrons. The molecule has 2 aromatic carbocycles. The van der Waals surface area contributed by atoms with Crippen molar-refractivity contribution in [2.75, 3.05) is 6.61 Å². The molecule has 0 bridgehead atoms. The number of fused-ring (bicyclic) bond motifs is 2. The molecule has 3 rings (SSSR count). The molecule has 2 aromatic rings. The van der Waals surface area contributed by atoms with Crippen LogP contribution in [-0.2, 0) is 6.42 Å². The van der Waals surface area contributed by atoms with Crippen molar-refractivity contribution in [2.24, 2.45) is 0 Å². The molecular weight excluding hydrogens is 320 g/mol. The van der Waals surface area contributed by atoms with Gasteiger partial charge in [-0.15, -0.1) is 0 Å². The second-order valence-corrected chi connectivity index (χ2v) is 7.17. The van der Waals surface area contributed by atoms with Crippen LogP contribution in [0.2, 0.25) is 0 Å². The molecule has 0 heterocycles. The van der Waals surface area contributed by atoms with Gasteiger partial charge >= 0.3 is 0 Å². The predicted octanol–water partition coefficient (Wildman–Crippen LogP) is 3.48. The first-order valence-corrected chi connectivity index (χ1v) is 8.21. The van der Waals surface area contributed by atoms with Crippen molar-refractivity contribution in [1.82, 2.24) is 0 Å². The number of rotatable bonds is 3. The molecule has 0 fully saturated rings. The van der Waals surface area contributed by atoms with Gasteiger partial charge in [-0.3, -0.25) is 4.79 Å². The largest absolute Gasteiger partial charge is 0.507 e. The summed E-state index contributed by atoms with van der Waals surface area (Å²) in [6, 6.07) is 4.86. The molecule has 0 saturated carbocycles. The molecule has 5 heteroatoms. The van der Waals surface area contributed by atoms with Gasteiger partial charge in [0.05, 0.1) is 16.6 Å². The van der Waals surface area contributed by atoms with Gasteiger partial charge in [-0.1, -0.05) is 5.57 Å². The number of aromatic hydroxyl groups is 2. The minimum absolute atomic E-state index is 0.0519. The average molecular weight is 342 g/mol. The summed E-state index contributed by atoms with van der Waals surface area (Å²) in [4.78, 5) is 12.3. The number of aliphatic hydroxyl groups is 1. The minimum atomic E-state index is -1.14. The van der Waals surface area contributed by atoms with Crippen molar-refractivity contribution in [3.05, 3.63) is 41.0 Å². The number of phenolic OH excluding ortho intramolecular Hbond substituents is 2. The van der Waals surface area contributed by atoms with Gasteiger partial charge in [0.2, 0.25) is 0 Å². The zero-order valence-corrected chi connectivity index (χ0v) is 14.6. The molecule has 3 N–H and O–H groups in total. The first-order chi connectivity index (χ1) is 11.7. The highest BCUT2D eigenvalue weighted by molar-refractivity contribution is 6.09. The Morgan fingerprint density at radius 3 is 2.64 bits per heavy atom. The quantitative estimate of drug-likeness (QED) is 0.744. The van der Waals surface area contributed by atoms with Crippen LogP contribution < -0.4 is 4.74 Å². The van der Waals surface area contributed by atoms with Crippen molar-refractivity contribution in [3.8, 4) is 17.2 Å². The summed E-state index contributed by atoms with van der Waals surface area (Å²) >= 11 is 0. The number of ketones is 1. The topological polar surface area (TPSA) is 87.0 Å². The molecule has 1 aliphatic rings. The van der Waals surface area contributed by atoms with E-state index in [1.165, 1.54) is 6.07 Å². The van der Waals surface area contributed by atoms with E-state index in [2.05, 4.69) is 0 Å². The zero-order valence-electron chi connectivity index (χ0n) is 14.6. The van der Waals surface area contributed by atoms with Crippen LogP contribution in [0.4, 0.5) is 0 Å². The lowest BCUT2D eigenvalue weighted by Gasteiger charge is -2.29. The van der Waals surface area contributed by atoms with Crippen LogP contribution >= 0.6 is 0 Å². The van der Waals surface area contributed by atoms with Crippen LogP contribution in [0.25, 0.3) is 10.8 Å². The summed E-state index contributed by atoms with van der Waals surface area (Å²) < 4.78 is 5.62. The number of allylic oxidation sites excluding steroid dienone is 1. The van der Waals surface area contributed by atoms with Crippen molar-refractivity contribution >= 4 is 16.6 Å². The lowest BCUT2D eigenvalue weighted by molar-refractivity contribution is 0.0409. The van der Waals surface area contributed by atoms with E-state index >= 15 is 0 Å². The third kappa shape index (κ3) is 3.33. The molecule has 0 amide bonds. The fourth-order valence-corrected chi connectivity index (χ4v) is 3.28. The van der Waals surface area contributed by atoms with Crippen LogP contribution in [0.5, 0.6) is 17.2 Å². The second kappa shape index (κ2) is 6.08. The van der Waals surface area contributed by atoms with Gasteiger partial charge in [0.1, 0.15) is 23.9 Å². The van der Waals surface area contributed by atoms with Gasteiger partial charge in [0.25, 0.3) is 0 Å². The van der Waals surface area contributed by atoms with Gasteiger partial charge in [-0.2, -0.15) is 0 Å². The Hall–Kier alpha value is -2.53. The highest BCUT2D eigenvalue weighted by Crippen LogP contribution is 2.43. The number of phenols is 2. The van der Waals surface area contributed by atoms with Crippen molar-refractivity contribution in [2.45, 2.75) is 39.2 Å². The normalized spacial score (nSPS) is 19.6. The van der Waals surface area contributed by atoms with E-state index in [9.17, 15) is 20.1 Å². The number of ether oxygens (including phenoxy) is 1. The van der Waals surface area contributed by atoms with Crippen molar-refractivity contribution < 1.29 is 24.9 Å². The van der Waals surface area contributed by atoms with E-state index < -0.39 is 5.60 Å². The third-order valence-corrected chi connectivity index (χ3v) is 4.38. The Labute approximate surface area is 146 Å². The predicted molar refractivity (Wildman–Crippen MR) is 95.5 cm³/mol. The Morgan fingerprint density at radius 1 is 1.24 bits per heavy atom. The molecular formula is C20H22O5. The number of carbonyl (C=O) groups excluding carboxylic acids is 1. The van der Waals surface area contributed by atoms with Gasteiger partial charge in [-0.05, 0) is 49.9 Å². The Bertz CT molecular complexity index is 889. The smallest absolute Gasteiger partial charge is 0.169 e. The van der Waals surface area contributed by atoms with E-state index in [1.54, 1.807) is 19.1 Å². The van der Waals surface area contributed by atoms with Crippen molar-refractivity contribution in [3.63, 3.8) is 0 Å². The molecule has 1 aliphatic carbocycles. The molecule has 5 nitrogen and oxygen atoms in total. The lowest BCUT2D eigenvalue weighted by atomic mass is 9.79. The van der Waals surface area contributed by atoms with Crippen molar-refractivity contribution in [1.29, 1.82) is 0 Å². The van der Waals surface area contributed by atoms with Crippen LogP contribution in [0.15, 0.2) is 29.8 Å². The SMILES string of the molecule is CC(C)=CCOc1cc(O)c2c(O)c3c(cc2c1)C[C@](C)(O)CC3=O. The summed E-state index contributed by atoms with van der Waals surface area (Å²) in [6.45, 7) is 5.91. The Kier molecular flexibility index (Phi) is 4.21. The highest BCUT2D eigenvalue weighted by Gasteiger charge is 2.35. The van der Waals surface area contributed by atoms with Crippen LogP contribution in [0.1, 0.15) is 43.1 Å². The summed E-state index contributed by atoms with van der Waals surface area (Å²) in [7, 11) is 0. The van der Waals surface area contributed by atoms with Crippen LogP contribution in [0.3, 0.4) is 0 Å². The van der Waals surface area contributed by atoms with Crippen LogP contribution in [0, 0.1) is 0 Å². The monoisotopic (exact) mass is 342 g/mol. The average Bonchev–Trinajstić information content (AvgIpc) is 2.43. The maximum Gasteiger partial charge on any atom is 0.169 e. The molecule has 0 radical (unpaired) electrons. The van der Waals surface area contributed by atoms with Crippen LogP contribution in [-0.4, -0.2) is 33.3 Å². The minimum Gasteiger partial charge on any atom is -0.507 e. The van der Waals surface area contributed by atoms with Gasteiger partial charge in [-0.25, -0.2) is 0 Å². The van der Waals surface area contributed by atoms with E-state index in [-0.39, 0.29) is 41.1 Å². The summed E-state index contributed by atoms with van der Waals surface area (Å²) in [6.07, 6.45) is 2.13. The highest BCUT2D eigenvalue weighted by atomic mass is 16.5. The lowest BCUT2D eigenvalue weighted by Crippen LogP contribution is -2.35. The van der Waals surface area contributed by atoms with E-state index in [0.29, 0.717) is 23.3 Å². The number of benzene rings is 2. The molecule has 0 unspecified atom stereocenters. The van der Waals surface area contributed by atoms with Gasteiger partial charge in [0, 0.05) is 18.9 Å². The molecule has 0 saturated heterocycles. The maximum atomic E-state index is 12.3. The Morgan fingerprint density at radius 2 is 1.96 bits per heavy atom. The number of hydrogen-bond acceptors (Lipinski definition) is 5. The zero-order chi connectivity index (χ0) is 18.4. The molecule has 0 aliphatic heterocycles.